The van der Waals surface area contributed by atoms with Crippen molar-refractivity contribution in [3.8, 4) is 23.7 Å². The molecule has 3 amide bonds. The van der Waals surface area contributed by atoms with E-state index >= 15 is 0 Å². The molecule has 0 spiro atoms. The van der Waals surface area contributed by atoms with Crippen molar-refractivity contribution in [3.63, 3.8) is 0 Å². The second kappa shape index (κ2) is 9.81. The molecule has 0 saturated heterocycles. The highest BCUT2D eigenvalue weighted by Crippen LogP contribution is 2.17. The van der Waals surface area contributed by atoms with Crippen LogP contribution in [0, 0.1) is 23.7 Å². The standard InChI is InChI=1S/C20H21N3O4/c1-20(18(21)26,19(27)22-2)23(3)17(25)16-12-10-15(11-13-16)9-7-5-4-6-8-14-24/h6,8,10-13,24H,14H2,1-3H3,(H2,21,26)(H,22,27)/b8-6+. The summed E-state index contributed by atoms with van der Waals surface area (Å²) in [6, 6.07) is 6.32. The minimum absolute atomic E-state index is 0.0826. The number of amides is 3. The zero-order valence-electron chi connectivity index (χ0n) is 15.4. The third-order valence-corrected chi connectivity index (χ3v) is 3.90. The number of nitrogens with one attached hydrogen (secondary N) is 1. The van der Waals surface area contributed by atoms with Gasteiger partial charge >= 0.3 is 0 Å². The molecule has 27 heavy (non-hydrogen) atoms. The first kappa shape index (κ1) is 21.5. The second-order valence-corrected chi connectivity index (χ2v) is 5.56. The van der Waals surface area contributed by atoms with E-state index < -0.39 is 23.3 Å². The molecule has 0 heterocycles. The monoisotopic (exact) mass is 367 g/mol. The van der Waals surface area contributed by atoms with Gasteiger partial charge in [-0.15, -0.1) is 0 Å². The summed E-state index contributed by atoms with van der Waals surface area (Å²) in [4.78, 5) is 37.5. The van der Waals surface area contributed by atoms with E-state index in [-0.39, 0.29) is 12.2 Å². The summed E-state index contributed by atoms with van der Waals surface area (Å²) in [6.45, 7) is 1.20. The first-order valence-electron chi connectivity index (χ1n) is 7.96. The van der Waals surface area contributed by atoms with Gasteiger partial charge in [0.15, 0.2) is 5.54 Å². The number of benzene rings is 1. The average Bonchev–Trinajstić information content (AvgIpc) is 2.68. The van der Waals surface area contributed by atoms with Crippen molar-refractivity contribution in [1.29, 1.82) is 0 Å². The average molecular weight is 367 g/mol. The van der Waals surface area contributed by atoms with Gasteiger partial charge in [-0.05, 0) is 49.1 Å². The quantitative estimate of drug-likeness (QED) is 0.488. The number of primary amides is 1. The number of rotatable bonds is 5. The van der Waals surface area contributed by atoms with Crippen molar-refractivity contribution in [2.24, 2.45) is 5.73 Å². The van der Waals surface area contributed by atoms with Crippen LogP contribution < -0.4 is 11.1 Å². The van der Waals surface area contributed by atoms with Gasteiger partial charge in [-0.1, -0.05) is 17.9 Å². The van der Waals surface area contributed by atoms with Gasteiger partial charge in [0.05, 0.1) is 6.61 Å². The molecule has 1 unspecified atom stereocenters. The number of nitrogens with zero attached hydrogens (tertiary/aromatic N) is 1. The molecule has 7 nitrogen and oxygen atoms in total. The lowest BCUT2D eigenvalue weighted by Crippen LogP contribution is -2.63. The molecule has 4 N–H and O–H groups in total. The molecule has 1 rings (SSSR count). The van der Waals surface area contributed by atoms with Gasteiger partial charge in [-0.3, -0.25) is 14.4 Å². The van der Waals surface area contributed by atoms with Crippen molar-refractivity contribution >= 4 is 17.7 Å². The topological polar surface area (TPSA) is 113 Å². The molecule has 1 aromatic carbocycles. The van der Waals surface area contributed by atoms with E-state index in [4.69, 9.17) is 10.8 Å². The number of carbonyl (C=O) groups excluding carboxylic acids is 3. The number of aliphatic hydroxyl groups excluding tert-OH is 1. The van der Waals surface area contributed by atoms with Crippen molar-refractivity contribution in [2.45, 2.75) is 12.5 Å². The number of hydrogen-bond donors (Lipinski definition) is 3. The first-order valence-corrected chi connectivity index (χ1v) is 7.96. The van der Waals surface area contributed by atoms with Crippen molar-refractivity contribution in [3.05, 3.63) is 47.5 Å². The number of carbonyl (C=O) groups is 3. The normalized spacial score (nSPS) is 12.0. The summed E-state index contributed by atoms with van der Waals surface area (Å²) in [6.07, 6.45) is 2.98. The number of allylic oxidation sites excluding steroid dienone is 1. The van der Waals surface area contributed by atoms with Gasteiger partial charge in [0.25, 0.3) is 17.7 Å². The minimum atomic E-state index is -1.82. The number of nitrogens with two attached hydrogens (primary N) is 1. The third kappa shape index (κ3) is 5.21. The SMILES string of the molecule is CNC(=O)C(C)(C(N)=O)N(C)C(=O)c1ccc(C#CC#C/C=C/CO)cc1. The largest absolute Gasteiger partial charge is 0.392 e. The lowest BCUT2D eigenvalue weighted by atomic mass is 9.97. The highest BCUT2D eigenvalue weighted by Gasteiger charge is 2.45. The molecule has 0 aliphatic rings. The Balaban J connectivity index is 3.00. The molecule has 7 heteroatoms. The molecule has 0 bridgehead atoms. The predicted octanol–water partition coefficient (Wildman–Crippen LogP) is -0.348. The predicted molar refractivity (Wildman–Crippen MR) is 101 cm³/mol. The van der Waals surface area contributed by atoms with E-state index in [0.717, 1.165) is 4.90 Å². The molecular formula is C20H21N3O4. The Bertz CT molecular complexity index is 866. The number of aliphatic hydroxyl groups is 1. The summed E-state index contributed by atoms with van der Waals surface area (Å²) in [7, 11) is 2.70. The smallest absolute Gasteiger partial charge is 0.255 e. The van der Waals surface area contributed by atoms with Crippen LogP contribution in [-0.4, -0.2) is 54.0 Å². The van der Waals surface area contributed by atoms with Gasteiger partial charge < -0.3 is 21.1 Å². The molecule has 0 fully saturated rings. The van der Waals surface area contributed by atoms with Crippen LogP contribution >= 0.6 is 0 Å². The summed E-state index contributed by atoms with van der Waals surface area (Å²) in [5.74, 6) is 8.53. The van der Waals surface area contributed by atoms with Crippen molar-refractivity contribution < 1.29 is 19.5 Å². The minimum Gasteiger partial charge on any atom is -0.392 e. The molecule has 1 atom stereocenters. The van der Waals surface area contributed by atoms with Crippen LogP contribution in [-0.2, 0) is 9.59 Å². The van der Waals surface area contributed by atoms with Crippen LogP contribution in [0.25, 0.3) is 0 Å². The summed E-state index contributed by atoms with van der Waals surface area (Å²) < 4.78 is 0. The molecule has 0 aromatic heterocycles. The van der Waals surface area contributed by atoms with E-state index in [2.05, 4.69) is 29.0 Å². The third-order valence-electron chi connectivity index (χ3n) is 3.90. The van der Waals surface area contributed by atoms with Crippen LogP contribution in [0.2, 0.25) is 0 Å². The fourth-order valence-corrected chi connectivity index (χ4v) is 2.06. The second-order valence-electron chi connectivity index (χ2n) is 5.56. The van der Waals surface area contributed by atoms with Gasteiger partial charge in [0, 0.05) is 25.2 Å². The molecule has 1 aromatic rings. The van der Waals surface area contributed by atoms with E-state index in [9.17, 15) is 14.4 Å². The van der Waals surface area contributed by atoms with Crippen molar-refractivity contribution in [1.82, 2.24) is 10.2 Å². The number of likely N-dealkylation sites (N-methyl/N-ethyl adjacent to an activating group) is 2. The maximum absolute atomic E-state index is 12.6. The van der Waals surface area contributed by atoms with Crippen LogP contribution in [0.1, 0.15) is 22.8 Å². The summed E-state index contributed by atoms with van der Waals surface area (Å²) >= 11 is 0. The van der Waals surface area contributed by atoms with Crippen LogP contribution in [0.3, 0.4) is 0 Å². The molecule has 0 saturated carbocycles. The van der Waals surface area contributed by atoms with E-state index in [1.165, 1.54) is 45.3 Å². The van der Waals surface area contributed by atoms with Gasteiger partial charge in [0.1, 0.15) is 0 Å². The van der Waals surface area contributed by atoms with Crippen LogP contribution in [0.5, 0.6) is 0 Å². The van der Waals surface area contributed by atoms with Gasteiger partial charge in [-0.2, -0.15) is 0 Å². The van der Waals surface area contributed by atoms with E-state index in [0.29, 0.717) is 5.56 Å². The Morgan fingerprint density at radius 2 is 1.89 bits per heavy atom. The molecule has 0 aliphatic carbocycles. The number of hydrogen-bond acceptors (Lipinski definition) is 4. The Labute approximate surface area is 158 Å². The molecule has 0 radical (unpaired) electrons. The lowest BCUT2D eigenvalue weighted by Gasteiger charge is -2.34. The Hall–Kier alpha value is -3.55. The Kier molecular flexibility index (Phi) is 7.81. The fraction of sp³-hybridized carbons (Fsp3) is 0.250. The molecule has 0 aliphatic heterocycles. The van der Waals surface area contributed by atoms with Gasteiger partial charge in [0.2, 0.25) is 0 Å². The fourth-order valence-electron chi connectivity index (χ4n) is 2.06. The van der Waals surface area contributed by atoms with E-state index in [1.54, 1.807) is 12.1 Å². The summed E-state index contributed by atoms with van der Waals surface area (Å²) in [5.41, 5.74) is 4.44. The highest BCUT2D eigenvalue weighted by molar-refractivity contribution is 6.12. The first-order chi connectivity index (χ1) is 12.8. The summed E-state index contributed by atoms with van der Waals surface area (Å²) in [5, 5.41) is 10.9. The maximum atomic E-state index is 12.6. The van der Waals surface area contributed by atoms with E-state index in [1.807, 2.05) is 0 Å². The van der Waals surface area contributed by atoms with Gasteiger partial charge in [-0.25, -0.2) is 0 Å². The molecular weight excluding hydrogens is 346 g/mol. The van der Waals surface area contributed by atoms with Crippen LogP contribution in [0.15, 0.2) is 36.4 Å². The highest BCUT2D eigenvalue weighted by atomic mass is 16.2. The Morgan fingerprint density at radius 3 is 2.41 bits per heavy atom. The zero-order valence-corrected chi connectivity index (χ0v) is 15.4. The van der Waals surface area contributed by atoms with Crippen molar-refractivity contribution in [2.75, 3.05) is 20.7 Å². The zero-order chi connectivity index (χ0) is 20.4. The molecule has 140 valence electrons. The Morgan fingerprint density at radius 1 is 1.26 bits per heavy atom. The maximum Gasteiger partial charge on any atom is 0.255 e. The lowest BCUT2D eigenvalue weighted by molar-refractivity contribution is -0.140. The van der Waals surface area contributed by atoms with Crippen LogP contribution in [0.4, 0.5) is 0 Å².